The Morgan fingerprint density at radius 1 is 1.60 bits per heavy atom. The minimum absolute atomic E-state index is 0.765. The molecule has 3 nitrogen and oxygen atoms in total. The van der Waals surface area contributed by atoms with Crippen molar-refractivity contribution in [3.8, 4) is 0 Å². The van der Waals surface area contributed by atoms with Gasteiger partial charge in [0, 0.05) is 11.8 Å². The quantitative estimate of drug-likeness (QED) is 0.738. The lowest BCUT2D eigenvalue weighted by Crippen LogP contribution is -2.36. The zero-order chi connectivity index (χ0) is 10.5. The first-order valence-electron chi connectivity index (χ1n) is 5.59. The highest BCUT2D eigenvalue weighted by Crippen LogP contribution is 2.22. The van der Waals surface area contributed by atoms with Gasteiger partial charge in [0.1, 0.15) is 6.26 Å². The van der Waals surface area contributed by atoms with Crippen LogP contribution in [0.25, 0.3) is 0 Å². The number of aromatic nitrogens is 1. The molecule has 1 aromatic heterocycles. The lowest BCUT2D eigenvalue weighted by atomic mass is 10.0. The van der Waals surface area contributed by atoms with Gasteiger partial charge >= 0.3 is 0 Å². The first kappa shape index (κ1) is 11.0. The monoisotopic (exact) mass is 226 g/mol. The average Bonchev–Trinajstić information content (AvgIpc) is 2.74. The van der Waals surface area contributed by atoms with E-state index in [2.05, 4.69) is 16.9 Å². The Hall–Kier alpha value is -0.480. The molecule has 1 saturated heterocycles. The molecule has 1 aliphatic heterocycles. The van der Waals surface area contributed by atoms with Crippen LogP contribution in [0.1, 0.15) is 25.7 Å². The van der Waals surface area contributed by atoms with Gasteiger partial charge in [0.15, 0.2) is 0 Å². The van der Waals surface area contributed by atoms with Crippen LogP contribution >= 0.6 is 11.8 Å². The van der Waals surface area contributed by atoms with Crippen LogP contribution < -0.4 is 0 Å². The summed E-state index contributed by atoms with van der Waals surface area (Å²) in [5.74, 6) is 1.11. The Kier molecular flexibility index (Phi) is 4.09. The second-order valence-corrected chi connectivity index (χ2v) is 5.11. The summed E-state index contributed by atoms with van der Waals surface area (Å²) < 4.78 is 5.19. The van der Waals surface area contributed by atoms with Crippen LogP contribution in [0.2, 0.25) is 0 Å². The van der Waals surface area contributed by atoms with Crippen molar-refractivity contribution in [1.82, 2.24) is 9.88 Å². The number of rotatable bonds is 4. The summed E-state index contributed by atoms with van der Waals surface area (Å²) in [4.78, 5) is 6.59. The maximum absolute atomic E-state index is 5.19. The molecule has 0 aromatic carbocycles. The smallest absolute Gasteiger partial charge is 0.255 e. The van der Waals surface area contributed by atoms with Crippen LogP contribution in [0, 0.1) is 0 Å². The zero-order valence-corrected chi connectivity index (χ0v) is 10.0. The molecule has 15 heavy (non-hydrogen) atoms. The molecule has 0 amide bonds. The van der Waals surface area contributed by atoms with Crippen molar-refractivity contribution in [3.05, 3.63) is 12.5 Å². The first-order valence-corrected chi connectivity index (χ1v) is 6.57. The third-order valence-electron chi connectivity index (χ3n) is 3.01. The number of likely N-dealkylation sites (tertiary alicyclic amines) is 1. The van der Waals surface area contributed by atoms with E-state index in [1.807, 2.05) is 0 Å². The van der Waals surface area contributed by atoms with Crippen LogP contribution in [-0.4, -0.2) is 35.3 Å². The van der Waals surface area contributed by atoms with E-state index in [0.29, 0.717) is 0 Å². The average molecular weight is 226 g/mol. The summed E-state index contributed by atoms with van der Waals surface area (Å²) in [5, 5.41) is 0.800. The summed E-state index contributed by atoms with van der Waals surface area (Å²) in [5.41, 5.74) is 0. The molecule has 2 heterocycles. The Bertz CT molecular complexity index is 276. The fourth-order valence-electron chi connectivity index (χ4n) is 2.07. The van der Waals surface area contributed by atoms with Gasteiger partial charge in [-0.2, -0.15) is 0 Å². The van der Waals surface area contributed by atoms with Crippen molar-refractivity contribution in [1.29, 1.82) is 0 Å². The Morgan fingerprint density at radius 3 is 3.27 bits per heavy atom. The Morgan fingerprint density at radius 2 is 2.53 bits per heavy atom. The van der Waals surface area contributed by atoms with E-state index in [0.717, 1.165) is 17.0 Å². The molecule has 4 heteroatoms. The van der Waals surface area contributed by atoms with Crippen LogP contribution in [0.15, 0.2) is 22.1 Å². The number of piperidine rings is 1. The molecule has 0 N–H and O–H groups in total. The van der Waals surface area contributed by atoms with Crippen LogP contribution in [-0.2, 0) is 0 Å². The predicted octanol–water partition coefficient (Wildman–Crippen LogP) is 2.64. The topological polar surface area (TPSA) is 29.3 Å². The van der Waals surface area contributed by atoms with Crippen molar-refractivity contribution in [2.75, 3.05) is 19.3 Å². The molecule has 1 aromatic rings. The van der Waals surface area contributed by atoms with Crippen molar-refractivity contribution >= 4 is 11.8 Å². The van der Waals surface area contributed by atoms with E-state index in [1.54, 1.807) is 24.2 Å². The Balaban J connectivity index is 1.68. The van der Waals surface area contributed by atoms with Crippen LogP contribution in [0.5, 0.6) is 0 Å². The molecule has 0 bridgehead atoms. The minimum Gasteiger partial charge on any atom is -0.440 e. The standard InChI is InChI=1S/C11H18N2OS/c1-13-7-3-2-4-10(13)5-9-15-11-12-6-8-14-11/h6,8,10H,2-5,7,9H2,1H3. The molecule has 1 aliphatic rings. The molecule has 0 spiro atoms. The number of nitrogens with zero attached hydrogens (tertiary/aromatic N) is 2. The van der Waals surface area contributed by atoms with Crippen molar-refractivity contribution < 1.29 is 4.42 Å². The van der Waals surface area contributed by atoms with Gasteiger partial charge in [-0.15, -0.1) is 0 Å². The van der Waals surface area contributed by atoms with Gasteiger partial charge in [-0.3, -0.25) is 0 Å². The summed E-state index contributed by atoms with van der Waals surface area (Å²) >= 11 is 1.72. The second kappa shape index (κ2) is 5.56. The van der Waals surface area contributed by atoms with Gasteiger partial charge in [0.25, 0.3) is 5.22 Å². The molecule has 1 fully saturated rings. The highest BCUT2D eigenvalue weighted by molar-refractivity contribution is 7.99. The molecule has 1 unspecified atom stereocenters. The largest absolute Gasteiger partial charge is 0.440 e. The molecular weight excluding hydrogens is 208 g/mol. The molecule has 0 saturated carbocycles. The third kappa shape index (κ3) is 3.24. The van der Waals surface area contributed by atoms with Crippen molar-refractivity contribution in [2.24, 2.45) is 0 Å². The van der Waals surface area contributed by atoms with Gasteiger partial charge in [0.05, 0.1) is 6.20 Å². The highest BCUT2D eigenvalue weighted by Gasteiger charge is 2.18. The minimum atomic E-state index is 0.765. The van der Waals surface area contributed by atoms with Gasteiger partial charge < -0.3 is 9.32 Å². The molecule has 0 radical (unpaired) electrons. The lowest BCUT2D eigenvalue weighted by molar-refractivity contribution is 0.182. The maximum atomic E-state index is 5.19. The zero-order valence-electron chi connectivity index (χ0n) is 9.19. The summed E-state index contributed by atoms with van der Waals surface area (Å²) in [6, 6.07) is 0.765. The van der Waals surface area contributed by atoms with E-state index < -0.39 is 0 Å². The van der Waals surface area contributed by atoms with Crippen LogP contribution in [0.3, 0.4) is 0 Å². The fourth-order valence-corrected chi connectivity index (χ4v) is 2.90. The second-order valence-electron chi connectivity index (χ2n) is 4.07. The Labute approximate surface area is 95.2 Å². The molecule has 1 atom stereocenters. The van der Waals surface area contributed by atoms with E-state index in [-0.39, 0.29) is 0 Å². The predicted molar refractivity (Wildman–Crippen MR) is 62.1 cm³/mol. The van der Waals surface area contributed by atoms with Gasteiger partial charge in [-0.1, -0.05) is 18.2 Å². The van der Waals surface area contributed by atoms with Crippen LogP contribution in [0.4, 0.5) is 0 Å². The number of thioether (sulfide) groups is 1. The fraction of sp³-hybridized carbons (Fsp3) is 0.727. The van der Waals surface area contributed by atoms with E-state index in [4.69, 9.17) is 4.42 Å². The van der Waals surface area contributed by atoms with Gasteiger partial charge in [-0.25, -0.2) is 4.98 Å². The van der Waals surface area contributed by atoms with E-state index in [9.17, 15) is 0 Å². The van der Waals surface area contributed by atoms with E-state index in [1.165, 1.54) is 32.2 Å². The lowest BCUT2D eigenvalue weighted by Gasteiger charge is -2.32. The van der Waals surface area contributed by atoms with Gasteiger partial charge in [-0.05, 0) is 32.9 Å². The van der Waals surface area contributed by atoms with Gasteiger partial charge in [0.2, 0.25) is 0 Å². The van der Waals surface area contributed by atoms with Crippen molar-refractivity contribution in [3.63, 3.8) is 0 Å². The molecule has 2 rings (SSSR count). The summed E-state index contributed by atoms with van der Waals surface area (Å²) in [7, 11) is 2.24. The first-order chi connectivity index (χ1) is 7.36. The summed E-state index contributed by atoms with van der Waals surface area (Å²) in [6.07, 6.45) is 8.68. The van der Waals surface area contributed by atoms with Crippen molar-refractivity contribution in [2.45, 2.75) is 36.9 Å². The maximum Gasteiger partial charge on any atom is 0.255 e. The molecular formula is C11H18N2OS. The third-order valence-corrected chi connectivity index (χ3v) is 3.90. The molecule has 0 aliphatic carbocycles. The molecule has 84 valence electrons. The number of oxazole rings is 1. The normalized spacial score (nSPS) is 23.1. The van der Waals surface area contributed by atoms with E-state index >= 15 is 0 Å². The SMILES string of the molecule is CN1CCCCC1CCSc1ncco1. The summed E-state index contributed by atoms with van der Waals surface area (Å²) in [6.45, 7) is 1.26. The highest BCUT2D eigenvalue weighted by atomic mass is 32.2. The number of hydrogen-bond acceptors (Lipinski definition) is 4. The number of hydrogen-bond donors (Lipinski definition) is 0.